The van der Waals surface area contributed by atoms with Gasteiger partial charge >= 0.3 is 6.18 Å². The number of halogens is 3. The summed E-state index contributed by atoms with van der Waals surface area (Å²) >= 11 is 0. The van der Waals surface area contributed by atoms with E-state index < -0.39 is 11.7 Å². The topological polar surface area (TPSA) is 74.2 Å². The van der Waals surface area contributed by atoms with Crippen molar-refractivity contribution in [2.45, 2.75) is 40.4 Å². The van der Waals surface area contributed by atoms with Crippen LogP contribution in [-0.2, 0) is 22.3 Å². The van der Waals surface area contributed by atoms with Gasteiger partial charge in [0.2, 0.25) is 0 Å². The third-order valence-electron chi connectivity index (χ3n) is 6.07. The van der Waals surface area contributed by atoms with Gasteiger partial charge in [-0.15, -0.1) is 26.0 Å². The van der Waals surface area contributed by atoms with Gasteiger partial charge in [0.15, 0.2) is 0 Å². The van der Waals surface area contributed by atoms with Gasteiger partial charge in [0.1, 0.15) is 12.5 Å². The number of carbonyl (C=O) groups excluding carboxylic acids is 2. The highest BCUT2D eigenvalue weighted by atomic mass is 19.4. The van der Waals surface area contributed by atoms with Crippen molar-refractivity contribution in [1.82, 2.24) is 9.80 Å². The van der Waals surface area contributed by atoms with Crippen molar-refractivity contribution in [2.75, 3.05) is 51.6 Å². The maximum atomic E-state index is 13.3. The molecule has 0 bridgehead atoms. The molecule has 0 atom stereocenters. The van der Waals surface area contributed by atoms with E-state index in [-0.39, 0.29) is 5.69 Å². The first-order chi connectivity index (χ1) is 20.2. The number of aliphatic imine (C=N–C) groups is 1. The van der Waals surface area contributed by atoms with E-state index in [0.29, 0.717) is 30.0 Å². The van der Waals surface area contributed by atoms with Gasteiger partial charge in [-0.3, -0.25) is 19.6 Å². The van der Waals surface area contributed by atoms with E-state index in [1.165, 1.54) is 13.1 Å². The first kappa shape index (κ1) is 40.2. The smallest absolute Gasteiger partial charge is 0.418 e. The fourth-order valence-corrected chi connectivity index (χ4v) is 4.15. The lowest BCUT2D eigenvalue weighted by atomic mass is 10.0. The number of piperazine rings is 1. The average Bonchev–Trinajstić information content (AvgIpc) is 3.03. The zero-order chi connectivity index (χ0) is 32.7. The number of carbonyl (C=O) groups is 2. The summed E-state index contributed by atoms with van der Waals surface area (Å²) in [5, 5.41) is 2.69. The molecule has 0 radical (unpaired) electrons. The summed E-state index contributed by atoms with van der Waals surface area (Å²) < 4.78 is 44.9. The van der Waals surface area contributed by atoms with Crippen LogP contribution in [0, 0.1) is 19.8 Å². The quantitative estimate of drug-likeness (QED) is 0.164. The molecule has 1 heterocycles. The summed E-state index contributed by atoms with van der Waals surface area (Å²) in [6.07, 6.45) is 3.58. The molecule has 3 rings (SSSR count). The first-order valence-corrected chi connectivity index (χ1v) is 13.4. The SMILES string of the molecule is C#C.C=C.C=O.CC.CNc1c(C(C)=NCCN2CCN(Cc3ccc(C)c(OC=O)c3)CC2)cccc1C(F)(F)F. The fourth-order valence-electron chi connectivity index (χ4n) is 4.15. The summed E-state index contributed by atoms with van der Waals surface area (Å²) in [7, 11) is 1.49. The largest absolute Gasteiger partial charge is 0.428 e. The van der Waals surface area contributed by atoms with Crippen LogP contribution in [0.15, 0.2) is 54.5 Å². The Morgan fingerprint density at radius 2 is 1.64 bits per heavy atom. The Morgan fingerprint density at radius 1 is 1.07 bits per heavy atom. The van der Waals surface area contributed by atoms with E-state index in [4.69, 9.17) is 9.53 Å². The molecule has 1 N–H and O–H groups in total. The number of benzene rings is 2. The number of alkyl halides is 3. The molecule has 1 saturated heterocycles. The van der Waals surface area contributed by atoms with Gasteiger partial charge in [-0.2, -0.15) is 13.2 Å². The van der Waals surface area contributed by atoms with Crippen LogP contribution >= 0.6 is 0 Å². The molecule has 0 spiro atoms. The van der Waals surface area contributed by atoms with Crippen molar-refractivity contribution in [2.24, 2.45) is 4.99 Å². The lowest BCUT2D eigenvalue weighted by molar-refractivity contribution is -0.137. The van der Waals surface area contributed by atoms with E-state index in [1.54, 1.807) is 13.0 Å². The first-order valence-electron chi connectivity index (χ1n) is 13.4. The van der Waals surface area contributed by atoms with E-state index in [2.05, 4.69) is 46.1 Å². The van der Waals surface area contributed by atoms with Gasteiger partial charge in [0.25, 0.3) is 6.47 Å². The molecule has 0 saturated carbocycles. The van der Waals surface area contributed by atoms with Crippen molar-refractivity contribution in [3.05, 3.63) is 71.8 Å². The van der Waals surface area contributed by atoms with Gasteiger partial charge in [-0.25, -0.2) is 0 Å². The highest BCUT2D eigenvalue weighted by Crippen LogP contribution is 2.36. The Kier molecular flexibility index (Phi) is 21.7. The number of hydrogen-bond donors (Lipinski definition) is 1. The van der Waals surface area contributed by atoms with E-state index in [1.807, 2.05) is 45.8 Å². The molecule has 1 fully saturated rings. The Hall–Kier alpha value is -3.94. The van der Waals surface area contributed by atoms with Crippen molar-refractivity contribution >= 4 is 24.7 Å². The number of hydrogen-bond acceptors (Lipinski definition) is 7. The summed E-state index contributed by atoms with van der Waals surface area (Å²) in [4.78, 5) is 27.9. The molecule has 7 nitrogen and oxygen atoms in total. The minimum absolute atomic E-state index is 0.0580. The van der Waals surface area contributed by atoms with E-state index in [9.17, 15) is 18.0 Å². The predicted molar refractivity (Wildman–Crippen MR) is 167 cm³/mol. The number of para-hydroxylation sites is 1. The summed E-state index contributed by atoms with van der Waals surface area (Å²) in [6.45, 7) is 21.7. The van der Waals surface area contributed by atoms with E-state index in [0.717, 1.165) is 56.5 Å². The third-order valence-corrected chi connectivity index (χ3v) is 6.07. The zero-order valence-electron chi connectivity index (χ0n) is 25.5. The lowest BCUT2D eigenvalue weighted by Crippen LogP contribution is -2.46. The van der Waals surface area contributed by atoms with Crippen LogP contribution in [0.25, 0.3) is 0 Å². The molecular weight excluding hydrogens is 545 g/mol. The Balaban J connectivity index is 0. The molecule has 2 aromatic carbocycles. The van der Waals surface area contributed by atoms with Crippen molar-refractivity contribution < 1.29 is 27.5 Å². The van der Waals surface area contributed by atoms with Crippen LogP contribution in [0.1, 0.15) is 43.0 Å². The van der Waals surface area contributed by atoms with Crippen LogP contribution in [0.5, 0.6) is 5.75 Å². The maximum absolute atomic E-state index is 13.3. The Bertz CT molecular complexity index is 1090. The number of terminal acetylenes is 1. The highest BCUT2D eigenvalue weighted by molar-refractivity contribution is 6.04. The zero-order valence-corrected chi connectivity index (χ0v) is 25.5. The second kappa shape index (κ2) is 22.7. The van der Waals surface area contributed by atoms with Crippen molar-refractivity contribution in [1.29, 1.82) is 0 Å². The molecule has 0 aromatic heterocycles. The number of anilines is 1. The predicted octanol–water partition coefficient (Wildman–Crippen LogP) is 6.11. The number of nitrogens with zero attached hydrogens (tertiary/aromatic N) is 3. The highest BCUT2D eigenvalue weighted by Gasteiger charge is 2.34. The van der Waals surface area contributed by atoms with Gasteiger partial charge in [-0.05, 0) is 37.1 Å². The van der Waals surface area contributed by atoms with Gasteiger partial charge in [0.05, 0.1) is 17.8 Å². The summed E-state index contributed by atoms with van der Waals surface area (Å²) in [6, 6.07) is 10.1. The molecule has 232 valence electrons. The van der Waals surface area contributed by atoms with E-state index >= 15 is 0 Å². The summed E-state index contributed by atoms with van der Waals surface area (Å²) in [5.41, 5.74) is 2.44. The monoisotopic (exact) mass is 590 g/mol. The van der Waals surface area contributed by atoms with Crippen molar-refractivity contribution in [3.63, 3.8) is 0 Å². The number of ether oxygens (including phenoxy) is 1. The third kappa shape index (κ3) is 13.1. The molecule has 1 aliphatic rings. The second-order valence-electron chi connectivity index (χ2n) is 8.37. The van der Waals surface area contributed by atoms with Crippen LogP contribution in [0.2, 0.25) is 0 Å². The van der Waals surface area contributed by atoms with Gasteiger partial charge in [-0.1, -0.05) is 38.1 Å². The van der Waals surface area contributed by atoms with Crippen LogP contribution in [0.4, 0.5) is 18.9 Å². The van der Waals surface area contributed by atoms with Crippen LogP contribution < -0.4 is 10.1 Å². The minimum Gasteiger partial charge on any atom is -0.428 e. The molecule has 1 aliphatic heterocycles. The minimum atomic E-state index is -4.42. The number of rotatable bonds is 9. The molecule has 0 amide bonds. The standard InChI is InChI=1S/C25H31F3N4O2.C2H6.C2H4.C2H2.CH2O/c1-18-7-8-20(15-23(18)34-17-33)16-32-13-11-31(12-14-32)10-9-30-19(2)21-5-4-6-22(24(21)29-3)25(26,27)28;4*1-2/h4-8,15,17,29H,9-14,16H2,1-3H3;1-2H3;1-2H2;1-2H;1H2. The van der Waals surface area contributed by atoms with Crippen LogP contribution in [-0.4, -0.2) is 75.1 Å². The molecule has 0 unspecified atom stereocenters. The Morgan fingerprint density at radius 3 is 2.17 bits per heavy atom. The molecule has 10 heteroatoms. The normalized spacial score (nSPS) is 13.2. The molecule has 2 aromatic rings. The second-order valence-corrected chi connectivity index (χ2v) is 8.37. The Labute approximate surface area is 249 Å². The lowest BCUT2D eigenvalue weighted by Gasteiger charge is -2.34. The molecule has 0 aliphatic carbocycles. The average molecular weight is 591 g/mol. The van der Waals surface area contributed by atoms with Gasteiger partial charge < -0.3 is 14.8 Å². The van der Waals surface area contributed by atoms with Crippen LogP contribution in [0.3, 0.4) is 0 Å². The maximum Gasteiger partial charge on any atom is 0.418 e. The van der Waals surface area contributed by atoms with Crippen molar-refractivity contribution in [3.8, 4) is 18.6 Å². The summed E-state index contributed by atoms with van der Waals surface area (Å²) in [5.74, 6) is 0.585. The number of aryl methyl sites for hydroxylation is 1. The molecule has 42 heavy (non-hydrogen) atoms. The van der Waals surface area contributed by atoms with Gasteiger partial charge in [0, 0.05) is 57.6 Å². The number of nitrogens with one attached hydrogen (secondary N) is 1. The fraction of sp³-hybridized carbons (Fsp3) is 0.406. The molecular formula is C32H45F3N4O3.